The highest BCUT2D eigenvalue weighted by atomic mass is 79.9. The summed E-state index contributed by atoms with van der Waals surface area (Å²) in [5.74, 6) is 0.529. The van der Waals surface area contributed by atoms with E-state index in [1.165, 1.54) is 12.8 Å². The molecule has 0 heterocycles. The van der Waals surface area contributed by atoms with Gasteiger partial charge in [0.15, 0.2) is 0 Å². The lowest BCUT2D eigenvalue weighted by molar-refractivity contribution is 0.0813. The molecule has 1 saturated carbocycles. The fourth-order valence-corrected chi connectivity index (χ4v) is 1.93. The Bertz CT molecular complexity index is 383. The van der Waals surface area contributed by atoms with Gasteiger partial charge in [-0.3, -0.25) is 0 Å². The van der Waals surface area contributed by atoms with E-state index >= 15 is 0 Å². The number of ether oxygens (including phenoxy) is 1. The van der Waals surface area contributed by atoms with Crippen molar-refractivity contribution in [2.24, 2.45) is 0 Å². The summed E-state index contributed by atoms with van der Waals surface area (Å²) in [5.41, 5.74) is 0.909. The van der Waals surface area contributed by atoms with E-state index in [1.807, 2.05) is 6.07 Å². The summed E-state index contributed by atoms with van der Waals surface area (Å²) in [6, 6.07) is 5.99. The second kappa shape index (κ2) is 5.78. The Morgan fingerprint density at radius 1 is 1.41 bits per heavy atom. The fraction of sp³-hybridized carbons (Fsp3) is 0.500. The van der Waals surface area contributed by atoms with Gasteiger partial charge in [-0.05, 0) is 31.0 Å². The van der Waals surface area contributed by atoms with Crippen molar-refractivity contribution in [1.29, 1.82) is 0 Å². The molecule has 1 aromatic rings. The van der Waals surface area contributed by atoms with Crippen LogP contribution in [0.25, 0.3) is 0 Å². The summed E-state index contributed by atoms with van der Waals surface area (Å²) in [6.07, 6.45) is -0.0504. The molecule has 0 saturated heterocycles. The van der Waals surface area contributed by atoms with E-state index in [0.29, 0.717) is 18.3 Å². The molecule has 0 spiro atoms. The number of nitrogens with one attached hydrogen (secondary N) is 1. The highest BCUT2D eigenvalue weighted by molar-refractivity contribution is 9.10. The average molecular weight is 306 g/mol. The molecule has 17 heavy (non-hydrogen) atoms. The minimum atomic E-state index is -2.44. The van der Waals surface area contributed by atoms with Crippen LogP contribution in [0.5, 0.6) is 5.75 Å². The van der Waals surface area contributed by atoms with E-state index in [9.17, 15) is 8.78 Å². The van der Waals surface area contributed by atoms with Gasteiger partial charge in [-0.15, -0.1) is 0 Å². The molecule has 0 bridgehead atoms. The molecule has 0 aliphatic heterocycles. The number of halogens is 3. The van der Waals surface area contributed by atoms with Gasteiger partial charge in [0.2, 0.25) is 0 Å². The number of hydrogen-bond acceptors (Lipinski definition) is 2. The van der Waals surface area contributed by atoms with Gasteiger partial charge in [0.1, 0.15) is 12.4 Å². The van der Waals surface area contributed by atoms with Gasteiger partial charge in [-0.2, -0.15) is 0 Å². The van der Waals surface area contributed by atoms with E-state index in [2.05, 4.69) is 21.2 Å². The second-order valence-electron chi connectivity index (χ2n) is 4.11. The molecule has 5 heteroatoms. The zero-order chi connectivity index (χ0) is 12.3. The molecule has 0 aromatic heterocycles. The molecule has 94 valence electrons. The molecule has 2 nitrogen and oxygen atoms in total. The quantitative estimate of drug-likeness (QED) is 0.870. The van der Waals surface area contributed by atoms with Gasteiger partial charge in [0.25, 0.3) is 6.43 Å². The standard InChI is InChI=1S/C12H14BrF2NO/c13-9-1-4-11(17-7-12(14)15)8(5-9)6-16-10-2-3-10/h1,4-5,10,12,16H,2-3,6-7H2. The van der Waals surface area contributed by atoms with Crippen molar-refractivity contribution in [2.75, 3.05) is 6.61 Å². The van der Waals surface area contributed by atoms with Crippen LogP contribution < -0.4 is 10.1 Å². The first-order chi connectivity index (χ1) is 8.15. The van der Waals surface area contributed by atoms with Crippen LogP contribution in [0, 0.1) is 0 Å². The topological polar surface area (TPSA) is 21.3 Å². The molecule has 0 amide bonds. The fourth-order valence-electron chi connectivity index (χ4n) is 1.52. The molecular weight excluding hydrogens is 292 g/mol. The molecule has 1 fully saturated rings. The Morgan fingerprint density at radius 2 is 2.18 bits per heavy atom. The third-order valence-corrected chi connectivity index (χ3v) is 3.04. The Balaban J connectivity index is 2.00. The summed E-state index contributed by atoms with van der Waals surface area (Å²) >= 11 is 3.37. The molecular formula is C12H14BrF2NO. The monoisotopic (exact) mass is 305 g/mol. The molecule has 0 atom stereocenters. The normalized spacial score (nSPS) is 15.3. The number of rotatable bonds is 6. The summed E-state index contributed by atoms with van der Waals surface area (Å²) in [5, 5.41) is 3.34. The number of alkyl halides is 2. The van der Waals surface area contributed by atoms with Gasteiger partial charge in [-0.1, -0.05) is 15.9 Å². The van der Waals surface area contributed by atoms with E-state index in [0.717, 1.165) is 10.0 Å². The van der Waals surface area contributed by atoms with E-state index in [-0.39, 0.29) is 0 Å². The first-order valence-corrected chi connectivity index (χ1v) is 6.37. The summed E-state index contributed by atoms with van der Waals surface area (Å²) in [6.45, 7) is 0.0980. The van der Waals surface area contributed by atoms with Crippen LogP contribution in [0.2, 0.25) is 0 Å². The maximum atomic E-state index is 12.1. The van der Waals surface area contributed by atoms with Gasteiger partial charge in [0.05, 0.1) is 0 Å². The van der Waals surface area contributed by atoms with Gasteiger partial charge >= 0.3 is 0 Å². The third-order valence-electron chi connectivity index (χ3n) is 2.55. The largest absolute Gasteiger partial charge is 0.487 e. The maximum Gasteiger partial charge on any atom is 0.272 e. The number of hydrogen-bond donors (Lipinski definition) is 1. The van der Waals surface area contributed by atoms with Gasteiger partial charge in [0, 0.05) is 22.6 Å². The van der Waals surface area contributed by atoms with Crippen molar-refractivity contribution < 1.29 is 13.5 Å². The maximum absolute atomic E-state index is 12.1. The average Bonchev–Trinajstić information content (AvgIpc) is 3.08. The molecule has 1 N–H and O–H groups in total. The predicted molar refractivity (Wildman–Crippen MR) is 65.5 cm³/mol. The minimum absolute atomic E-state index is 0.529. The van der Waals surface area contributed by atoms with Crippen molar-refractivity contribution in [3.05, 3.63) is 28.2 Å². The number of benzene rings is 1. The van der Waals surface area contributed by atoms with E-state index in [1.54, 1.807) is 12.1 Å². The zero-order valence-corrected chi connectivity index (χ0v) is 10.8. The van der Waals surface area contributed by atoms with E-state index < -0.39 is 13.0 Å². The lowest BCUT2D eigenvalue weighted by Gasteiger charge is -2.12. The molecule has 0 radical (unpaired) electrons. The van der Waals surface area contributed by atoms with Gasteiger partial charge < -0.3 is 10.1 Å². The molecule has 1 aliphatic rings. The van der Waals surface area contributed by atoms with Gasteiger partial charge in [-0.25, -0.2) is 8.78 Å². The molecule has 2 rings (SSSR count). The SMILES string of the molecule is FC(F)COc1ccc(Br)cc1CNC1CC1. The van der Waals surface area contributed by atoms with Crippen LogP contribution in [-0.4, -0.2) is 19.1 Å². The highest BCUT2D eigenvalue weighted by Gasteiger charge is 2.20. The predicted octanol–water partition coefficient (Wildman–Crippen LogP) is 3.35. The van der Waals surface area contributed by atoms with Crippen LogP contribution in [0.4, 0.5) is 8.78 Å². The Kier molecular flexibility index (Phi) is 4.34. The highest BCUT2D eigenvalue weighted by Crippen LogP contribution is 2.25. The van der Waals surface area contributed by atoms with Crippen LogP contribution in [0.1, 0.15) is 18.4 Å². The second-order valence-corrected chi connectivity index (χ2v) is 5.02. The summed E-state index contributed by atoms with van der Waals surface area (Å²) < 4.78 is 30.2. The lowest BCUT2D eigenvalue weighted by atomic mass is 10.2. The third kappa shape index (κ3) is 4.24. The smallest absolute Gasteiger partial charge is 0.272 e. The van der Waals surface area contributed by atoms with Crippen molar-refractivity contribution in [3.63, 3.8) is 0 Å². The Labute approximate surface area is 107 Å². The Hall–Kier alpha value is -0.680. The molecule has 1 aromatic carbocycles. The van der Waals surface area contributed by atoms with Crippen LogP contribution >= 0.6 is 15.9 Å². The van der Waals surface area contributed by atoms with Crippen LogP contribution in [-0.2, 0) is 6.54 Å². The first kappa shape index (κ1) is 12.8. The molecule has 1 aliphatic carbocycles. The summed E-state index contributed by atoms with van der Waals surface area (Å²) in [7, 11) is 0. The Morgan fingerprint density at radius 3 is 2.82 bits per heavy atom. The van der Waals surface area contributed by atoms with Crippen LogP contribution in [0.3, 0.4) is 0 Å². The van der Waals surface area contributed by atoms with Crippen LogP contribution in [0.15, 0.2) is 22.7 Å². The lowest BCUT2D eigenvalue weighted by Crippen LogP contribution is -2.17. The first-order valence-electron chi connectivity index (χ1n) is 5.58. The van der Waals surface area contributed by atoms with Crippen molar-refractivity contribution >= 4 is 15.9 Å². The molecule has 0 unspecified atom stereocenters. The summed E-state index contributed by atoms with van der Waals surface area (Å²) in [4.78, 5) is 0. The zero-order valence-electron chi connectivity index (χ0n) is 9.26. The van der Waals surface area contributed by atoms with E-state index in [4.69, 9.17) is 4.74 Å². The van der Waals surface area contributed by atoms with Crippen molar-refractivity contribution in [2.45, 2.75) is 31.9 Å². The van der Waals surface area contributed by atoms with Crippen molar-refractivity contribution in [1.82, 2.24) is 5.32 Å². The minimum Gasteiger partial charge on any atom is -0.487 e. The van der Waals surface area contributed by atoms with Crippen molar-refractivity contribution in [3.8, 4) is 5.75 Å².